The van der Waals surface area contributed by atoms with E-state index in [2.05, 4.69) is 25.9 Å². The van der Waals surface area contributed by atoms with Crippen molar-refractivity contribution in [2.24, 2.45) is 0 Å². The minimum atomic E-state index is -0.219. The summed E-state index contributed by atoms with van der Waals surface area (Å²) in [6.07, 6.45) is 0. The minimum Gasteiger partial charge on any atom is -0.302 e. The molecule has 2 heterocycles. The molecule has 1 aliphatic heterocycles. The molecular weight excluding hydrogens is 148 g/mol. The molecule has 58 valence electrons. The van der Waals surface area contributed by atoms with Crippen LogP contribution in [0.5, 0.6) is 0 Å². The number of nitrogens with zero attached hydrogens (tertiary/aromatic N) is 1. The van der Waals surface area contributed by atoms with Crippen LogP contribution in [-0.2, 0) is 4.94 Å². The molecular formula is C5H6N4O2. The smallest absolute Gasteiger partial charge is 0.271 e. The molecule has 3 N–H and O–H groups in total. The first-order chi connectivity index (χ1) is 5.27. The van der Waals surface area contributed by atoms with Gasteiger partial charge in [-0.3, -0.25) is 4.79 Å². The first-order valence-corrected chi connectivity index (χ1v) is 3.06. The summed E-state index contributed by atoms with van der Waals surface area (Å²) in [5, 5.41) is 0. The third-order valence-electron chi connectivity index (χ3n) is 1.38. The molecule has 0 saturated heterocycles. The van der Waals surface area contributed by atoms with Crippen molar-refractivity contribution in [2.75, 3.05) is 11.0 Å². The molecule has 0 radical (unpaired) electrons. The highest BCUT2D eigenvalue weighted by atomic mass is 16.8. The summed E-state index contributed by atoms with van der Waals surface area (Å²) in [5.41, 5.74) is 5.10. The zero-order chi connectivity index (χ0) is 7.84. The standard InChI is InChI=1S/C5H6N4O2/c1-2-5(10)7-4-3(6-2)8-11-9-4/h1H3,(H,6,8)(H2,7,9,10). The second-order valence-corrected chi connectivity index (χ2v) is 2.18. The first kappa shape index (κ1) is 6.17. The monoisotopic (exact) mass is 154 g/mol. The number of rotatable bonds is 0. The van der Waals surface area contributed by atoms with Crippen LogP contribution >= 0.6 is 0 Å². The fourth-order valence-corrected chi connectivity index (χ4v) is 0.810. The van der Waals surface area contributed by atoms with Crippen molar-refractivity contribution in [2.45, 2.75) is 6.92 Å². The van der Waals surface area contributed by atoms with E-state index in [1.807, 2.05) is 0 Å². The number of nitrogens with one attached hydrogen (secondary N) is 3. The maximum atomic E-state index is 10.9. The number of hydrogen-bond acceptors (Lipinski definition) is 5. The fourth-order valence-electron chi connectivity index (χ4n) is 0.810. The average Bonchev–Trinajstić information content (AvgIpc) is 2.36. The van der Waals surface area contributed by atoms with E-state index in [4.69, 9.17) is 0 Å². The zero-order valence-corrected chi connectivity index (χ0v) is 5.76. The lowest BCUT2D eigenvalue weighted by atomic mass is 10.5. The van der Waals surface area contributed by atoms with Crippen LogP contribution in [-0.4, -0.2) is 9.97 Å². The Morgan fingerprint density at radius 3 is 3.09 bits per heavy atom. The molecule has 6 heteroatoms. The van der Waals surface area contributed by atoms with E-state index in [1.165, 1.54) is 0 Å². The van der Waals surface area contributed by atoms with Crippen molar-refractivity contribution in [3.05, 3.63) is 16.0 Å². The van der Waals surface area contributed by atoms with Crippen LogP contribution in [0.15, 0.2) is 4.79 Å². The maximum absolute atomic E-state index is 10.9. The van der Waals surface area contributed by atoms with Crippen LogP contribution < -0.4 is 16.5 Å². The molecule has 6 nitrogen and oxygen atoms in total. The van der Waals surface area contributed by atoms with Gasteiger partial charge in [-0.1, -0.05) is 0 Å². The first-order valence-electron chi connectivity index (χ1n) is 3.06. The van der Waals surface area contributed by atoms with Crippen LogP contribution in [0.3, 0.4) is 0 Å². The van der Waals surface area contributed by atoms with Crippen LogP contribution in [0.2, 0.25) is 0 Å². The van der Waals surface area contributed by atoms with Gasteiger partial charge in [0.05, 0.1) is 0 Å². The maximum Gasteiger partial charge on any atom is 0.271 e. The second kappa shape index (κ2) is 1.96. The molecule has 0 fully saturated rings. The predicted molar refractivity (Wildman–Crippen MR) is 37.9 cm³/mol. The summed E-state index contributed by atoms with van der Waals surface area (Å²) >= 11 is 0. The quantitative estimate of drug-likeness (QED) is 0.480. The van der Waals surface area contributed by atoms with E-state index in [1.54, 1.807) is 6.92 Å². The lowest BCUT2D eigenvalue weighted by Gasteiger charge is -1.94. The van der Waals surface area contributed by atoms with Gasteiger partial charge in [0.1, 0.15) is 5.69 Å². The Labute approximate surface area is 61.5 Å². The van der Waals surface area contributed by atoms with Crippen LogP contribution in [0.4, 0.5) is 11.6 Å². The van der Waals surface area contributed by atoms with Gasteiger partial charge in [0, 0.05) is 0 Å². The number of fused-ring (bicyclic) bond motifs is 1. The van der Waals surface area contributed by atoms with Crippen molar-refractivity contribution in [3.63, 3.8) is 0 Å². The number of aromatic amines is 1. The molecule has 0 aliphatic carbocycles. The van der Waals surface area contributed by atoms with Crippen LogP contribution in [0.1, 0.15) is 5.69 Å². The highest BCUT2D eigenvalue weighted by Crippen LogP contribution is 2.18. The van der Waals surface area contributed by atoms with Gasteiger partial charge in [0.2, 0.25) is 0 Å². The summed E-state index contributed by atoms with van der Waals surface area (Å²) in [6, 6.07) is 0. The zero-order valence-electron chi connectivity index (χ0n) is 5.76. The van der Waals surface area contributed by atoms with Crippen molar-refractivity contribution in [1.29, 1.82) is 0 Å². The largest absolute Gasteiger partial charge is 0.302 e. The minimum absolute atomic E-state index is 0.219. The molecule has 0 amide bonds. The Hall–Kier alpha value is -1.56. The number of hydrogen-bond donors (Lipinski definition) is 3. The fraction of sp³-hybridized carbons (Fsp3) is 0.200. The molecule has 0 aromatic carbocycles. The highest BCUT2D eigenvalue weighted by Gasteiger charge is 2.13. The summed E-state index contributed by atoms with van der Waals surface area (Å²) in [7, 11) is 0. The number of anilines is 2. The second-order valence-electron chi connectivity index (χ2n) is 2.18. The van der Waals surface area contributed by atoms with E-state index in [9.17, 15) is 4.79 Å². The summed E-state index contributed by atoms with van der Waals surface area (Å²) in [6.45, 7) is 1.62. The van der Waals surface area contributed by atoms with Gasteiger partial charge < -0.3 is 4.98 Å². The van der Waals surface area contributed by atoms with Crippen LogP contribution in [0.25, 0.3) is 0 Å². The molecule has 0 bridgehead atoms. The van der Waals surface area contributed by atoms with Crippen molar-refractivity contribution >= 4 is 11.6 Å². The Bertz CT molecular complexity index is 345. The van der Waals surface area contributed by atoms with Gasteiger partial charge >= 0.3 is 0 Å². The molecule has 0 saturated carbocycles. The Morgan fingerprint density at radius 1 is 1.45 bits per heavy atom. The van der Waals surface area contributed by atoms with E-state index < -0.39 is 0 Å². The number of aromatic nitrogens is 2. The molecule has 0 atom stereocenters. The van der Waals surface area contributed by atoms with Gasteiger partial charge in [0.15, 0.2) is 11.6 Å². The van der Waals surface area contributed by atoms with Gasteiger partial charge in [-0.25, -0.2) is 15.9 Å². The SMILES string of the molecule is Cc1nc2c([nH]c1=O)NON2. The Kier molecular flexibility index (Phi) is 1.10. The van der Waals surface area contributed by atoms with Gasteiger partial charge in [0.25, 0.3) is 5.56 Å². The van der Waals surface area contributed by atoms with Gasteiger partial charge in [-0.05, 0) is 6.92 Å². The van der Waals surface area contributed by atoms with Crippen LogP contribution in [0, 0.1) is 6.92 Å². The van der Waals surface area contributed by atoms with E-state index in [0.29, 0.717) is 17.3 Å². The summed E-state index contributed by atoms with van der Waals surface area (Å²) in [4.78, 5) is 22.0. The average molecular weight is 154 g/mol. The lowest BCUT2D eigenvalue weighted by molar-refractivity contribution is 0.280. The van der Waals surface area contributed by atoms with E-state index in [-0.39, 0.29) is 5.56 Å². The van der Waals surface area contributed by atoms with E-state index in [0.717, 1.165) is 0 Å². The lowest BCUT2D eigenvalue weighted by Crippen LogP contribution is -2.12. The molecule has 11 heavy (non-hydrogen) atoms. The highest BCUT2D eigenvalue weighted by molar-refractivity contribution is 5.59. The van der Waals surface area contributed by atoms with E-state index >= 15 is 0 Å². The molecule has 0 unspecified atom stereocenters. The van der Waals surface area contributed by atoms with Gasteiger partial charge in [-0.2, -0.15) is 4.94 Å². The predicted octanol–water partition coefficient (Wildman–Crippen LogP) is -0.238. The molecule has 0 spiro atoms. The van der Waals surface area contributed by atoms with Crippen molar-refractivity contribution in [1.82, 2.24) is 9.97 Å². The summed E-state index contributed by atoms with van der Waals surface area (Å²) < 4.78 is 0. The molecule has 1 aromatic rings. The van der Waals surface area contributed by atoms with Crippen molar-refractivity contribution < 1.29 is 4.94 Å². The number of H-pyrrole nitrogens is 1. The third kappa shape index (κ3) is 0.838. The molecule has 1 aromatic heterocycles. The topological polar surface area (TPSA) is 79.0 Å². The molecule has 2 rings (SSSR count). The third-order valence-corrected chi connectivity index (χ3v) is 1.38. The van der Waals surface area contributed by atoms with Gasteiger partial charge in [-0.15, -0.1) is 0 Å². The molecule has 1 aliphatic rings. The Morgan fingerprint density at radius 2 is 2.27 bits per heavy atom. The summed E-state index contributed by atoms with van der Waals surface area (Å²) in [5.74, 6) is 0.961. The van der Waals surface area contributed by atoms with Crippen molar-refractivity contribution in [3.8, 4) is 0 Å². The Balaban J connectivity index is 2.66. The number of aryl methyl sites for hydroxylation is 1. The normalized spacial score (nSPS) is 13.5.